The molecule has 1 aromatic rings. The van der Waals surface area contributed by atoms with Crippen molar-refractivity contribution in [2.75, 3.05) is 5.32 Å². The summed E-state index contributed by atoms with van der Waals surface area (Å²) in [7, 11) is 0. The van der Waals surface area contributed by atoms with E-state index in [1.165, 1.54) is 0 Å². The topological polar surface area (TPSA) is 73.1 Å². The van der Waals surface area contributed by atoms with E-state index >= 15 is 0 Å². The number of rotatable bonds is 4. The van der Waals surface area contributed by atoms with Gasteiger partial charge in [-0.05, 0) is 32.0 Å². The lowest BCUT2D eigenvalue weighted by atomic mass is 9.99. The molecular formula is C12H13BrN2O2. The third kappa shape index (κ3) is 4.08. The summed E-state index contributed by atoms with van der Waals surface area (Å²) in [6.45, 7) is 3.56. The predicted molar refractivity (Wildman–Crippen MR) is 68.8 cm³/mol. The smallest absolute Gasteiger partial charge is 0.305 e. The van der Waals surface area contributed by atoms with E-state index in [1.54, 1.807) is 32.0 Å². The Morgan fingerprint density at radius 1 is 1.59 bits per heavy atom. The number of nitrogens with one attached hydrogen (secondary N) is 1. The maximum atomic E-state index is 10.7. The summed E-state index contributed by atoms with van der Waals surface area (Å²) in [4.78, 5) is 10.7. The lowest BCUT2D eigenvalue weighted by Crippen LogP contribution is -2.33. The van der Waals surface area contributed by atoms with E-state index in [4.69, 9.17) is 10.4 Å². The average molecular weight is 297 g/mol. The van der Waals surface area contributed by atoms with Crippen LogP contribution in [-0.4, -0.2) is 16.6 Å². The van der Waals surface area contributed by atoms with Gasteiger partial charge in [0.2, 0.25) is 0 Å². The highest BCUT2D eigenvalue weighted by atomic mass is 79.9. The van der Waals surface area contributed by atoms with Gasteiger partial charge in [0, 0.05) is 10.0 Å². The molecule has 0 unspecified atom stereocenters. The number of carboxylic acids is 1. The molecule has 0 saturated carbocycles. The number of nitriles is 1. The van der Waals surface area contributed by atoms with Crippen molar-refractivity contribution in [2.24, 2.45) is 0 Å². The minimum atomic E-state index is -0.877. The molecule has 0 aliphatic rings. The van der Waals surface area contributed by atoms with Gasteiger partial charge in [-0.1, -0.05) is 15.9 Å². The van der Waals surface area contributed by atoms with Crippen LogP contribution in [0.5, 0.6) is 0 Å². The van der Waals surface area contributed by atoms with E-state index in [9.17, 15) is 4.79 Å². The van der Waals surface area contributed by atoms with Crippen molar-refractivity contribution in [3.05, 3.63) is 28.2 Å². The number of carboxylic acid groups (broad SMARTS) is 1. The third-order valence-electron chi connectivity index (χ3n) is 2.17. The van der Waals surface area contributed by atoms with Crippen LogP contribution >= 0.6 is 15.9 Å². The van der Waals surface area contributed by atoms with Crippen molar-refractivity contribution in [1.82, 2.24) is 0 Å². The van der Waals surface area contributed by atoms with E-state index in [0.717, 1.165) is 4.47 Å². The molecule has 1 aromatic carbocycles. The highest BCUT2D eigenvalue weighted by Crippen LogP contribution is 2.24. The Bertz CT molecular complexity index is 478. The van der Waals surface area contributed by atoms with Crippen molar-refractivity contribution < 1.29 is 9.90 Å². The number of benzene rings is 1. The SMILES string of the molecule is CC(C)(CC(=O)O)Nc1ccc(Br)cc1C#N. The highest BCUT2D eigenvalue weighted by molar-refractivity contribution is 9.10. The first kappa shape index (κ1) is 13.5. The van der Waals surface area contributed by atoms with E-state index in [2.05, 4.69) is 27.3 Å². The average Bonchev–Trinajstić information content (AvgIpc) is 2.18. The predicted octanol–water partition coefficient (Wildman–Crippen LogP) is 2.99. The van der Waals surface area contributed by atoms with E-state index in [-0.39, 0.29) is 6.42 Å². The number of aliphatic carboxylic acids is 1. The van der Waals surface area contributed by atoms with Crippen molar-refractivity contribution in [1.29, 1.82) is 5.26 Å². The van der Waals surface area contributed by atoms with Crippen LogP contribution in [0.1, 0.15) is 25.8 Å². The highest BCUT2D eigenvalue weighted by Gasteiger charge is 2.22. The number of halogens is 1. The van der Waals surface area contributed by atoms with Crippen molar-refractivity contribution in [3.8, 4) is 6.07 Å². The summed E-state index contributed by atoms with van der Waals surface area (Å²) < 4.78 is 0.815. The number of hydrogen-bond donors (Lipinski definition) is 2. The molecule has 2 N–H and O–H groups in total. The van der Waals surface area contributed by atoms with E-state index in [0.29, 0.717) is 11.3 Å². The van der Waals surface area contributed by atoms with Crippen LogP contribution in [0.3, 0.4) is 0 Å². The molecule has 17 heavy (non-hydrogen) atoms. The second-order valence-electron chi connectivity index (χ2n) is 4.38. The molecule has 5 heteroatoms. The van der Waals surface area contributed by atoms with Crippen LogP contribution in [0.4, 0.5) is 5.69 Å². The summed E-state index contributed by atoms with van der Waals surface area (Å²) in [5.74, 6) is -0.877. The van der Waals surface area contributed by atoms with Gasteiger partial charge in [0.1, 0.15) is 6.07 Å². The Balaban J connectivity index is 2.95. The molecule has 0 amide bonds. The van der Waals surface area contributed by atoms with Gasteiger partial charge in [0.05, 0.1) is 17.7 Å². The van der Waals surface area contributed by atoms with E-state index < -0.39 is 11.5 Å². The molecular weight excluding hydrogens is 284 g/mol. The molecule has 0 heterocycles. The zero-order valence-corrected chi connectivity index (χ0v) is 11.2. The van der Waals surface area contributed by atoms with E-state index in [1.807, 2.05) is 0 Å². The van der Waals surface area contributed by atoms with Gasteiger partial charge in [0.15, 0.2) is 0 Å². The van der Waals surface area contributed by atoms with Crippen LogP contribution in [0.15, 0.2) is 22.7 Å². The normalized spacial score (nSPS) is 10.7. The number of carbonyl (C=O) groups is 1. The van der Waals surface area contributed by atoms with Gasteiger partial charge in [-0.25, -0.2) is 0 Å². The van der Waals surface area contributed by atoms with Gasteiger partial charge < -0.3 is 10.4 Å². The first-order chi connectivity index (χ1) is 7.84. The van der Waals surface area contributed by atoms with Gasteiger partial charge in [-0.3, -0.25) is 4.79 Å². The van der Waals surface area contributed by atoms with Crippen molar-refractivity contribution in [3.63, 3.8) is 0 Å². The molecule has 4 nitrogen and oxygen atoms in total. The zero-order chi connectivity index (χ0) is 13.1. The summed E-state index contributed by atoms with van der Waals surface area (Å²) in [6, 6.07) is 7.33. The van der Waals surface area contributed by atoms with Crippen LogP contribution in [0.2, 0.25) is 0 Å². The first-order valence-corrected chi connectivity index (χ1v) is 5.83. The van der Waals surface area contributed by atoms with Crippen LogP contribution in [-0.2, 0) is 4.79 Å². The quantitative estimate of drug-likeness (QED) is 0.896. The zero-order valence-electron chi connectivity index (χ0n) is 9.62. The number of nitrogens with zero attached hydrogens (tertiary/aromatic N) is 1. The minimum absolute atomic E-state index is 0.0199. The third-order valence-corrected chi connectivity index (χ3v) is 2.66. The maximum absolute atomic E-state index is 10.7. The Kier molecular flexibility index (Phi) is 4.13. The van der Waals surface area contributed by atoms with Gasteiger partial charge in [-0.2, -0.15) is 5.26 Å². The fraction of sp³-hybridized carbons (Fsp3) is 0.333. The van der Waals surface area contributed by atoms with Crippen LogP contribution < -0.4 is 5.32 Å². The molecule has 0 bridgehead atoms. The molecule has 0 fully saturated rings. The molecule has 0 aliphatic heterocycles. The van der Waals surface area contributed by atoms with Crippen molar-refractivity contribution >= 4 is 27.6 Å². The van der Waals surface area contributed by atoms with Gasteiger partial charge in [0.25, 0.3) is 0 Å². The maximum Gasteiger partial charge on any atom is 0.305 e. The summed E-state index contributed by atoms with van der Waals surface area (Å²) in [5, 5.41) is 20.9. The fourth-order valence-electron chi connectivity index (χ4n) is 1.50. The van der Waals surface area contributed by atoms with Gasteiger partial charge in [-0.15, -0.1) is 0 Å². The van der Waals surface area contributed by atoms with Crippen LogP contribution in [0.25, 0.3) is 0 Å². The monoisotopic (exact) mass is 296 g/mol. The summed E-state index contributed by atoms with van der Waals surface area (Å²) in [5.41, 5.74) is 0.519. The first-order valence-electron chi connectivity index (χ1n) is 5.04. The standard InChI is InChI=1S/C12H13BrN2O2/c1-12(2,6-11(16)17)15-10-4-3-9(13)5-8(10)7-14/h3-5,15H,6H2,1-2H3,(H,16,17). The van der Waals surface area contributed by atoms with Crippen LogP contribution in [0, 0.1) is 11.3 Å². The largest absolute Gasteiger partial charge is 0.481 e. The lowest BCUT2D eigenvalue weighted by Gasteiger charge is -2.26. The van der Waals surface area contributed by atoms with Crippen molar-refractivity contribution in [2.45, 2.75) is 25.8 Å². The molecule has 0 spiro atoms. The fourth-order valence-corrected chi connectivity index (χ4v) is 1.87. The Morgan fingerprint density at radius 2 is 2.24 bits per heavy atom. The second-order valence-corrected chi connectivity index (χ2v) is 5.30. The number of hydrogen-bond acceptors (Lipinski definition) is 3. The Hall–Kier alpha value is -1.54. The second kappa shape index (κ2) is 5.19. The molecule has 0 radical (unpaired) electrons. The molecule has 0 atom stereocenters. The molecule has 90 valence electrons. The Labute approximate surface area is 108 Å². The molecule has 0 aliphatic carbocycles. The molecule has 0 aromatic heterocycles. The minimum Gasteiger partial charge on any atom is -0.481 e. The number of anilines is 1. The summed E-state index contributed by atoms with van der Waals surface area (Å²) in [6.07, 6.45) is -0.0199. The molecule has 1 rings (SSSR count). The van der Waals surface area contributed by atoms with Gasteiger partial charge >= 0.3 is 5.97 Å². The Morgan fingerprint density at radius 3 is 2.76 bits per heavy atom. The lowest BCUT2D eigenvalue weighted by molar-refractivity contribution is -0.137. The summed E-state index contributed by atoms with van der Waals surface area (Å²) >= 11 is 3.28. The molecule has 0 saturated heterocycles.